The van der Waals surface area contributed by atoms with Gasteiger partial charge in [-0.1, -0.05) is 63.6 Å². The molecule has 1 aromatic heterocycles. The van der Waals surface area contributed by atoms with Crippen molar-refractivity contribution in [3.63, 3.8) is 0 Å². The van der Waals surface area contributed by atoms with E-state index in [0.717, 1.165) is 10.0 Å². The summed E-state index contributed by atoms with van der Waals surface area (Å²) in [5, 5.41) is 18.0. The minimum absolute atomic E-state index is 0.0405. The lowest BCUT2D eigenvalue weighted by Gasteiger charge is -2.06. The number of Topliss-reactive ketones (excluding diaryl/α,β-unsaturated/α-hetero) is 1. The van der Waals surface area contributed by atoms with Gasteiger partial charge in [0.05, 0.1) is 18.3 Å². The van der Waals surface area contributed by atoms with Gasteiger partial charge in [-0.15, -0.1) is 16.9 Å². The highest BCUT2D eigenvalue weighted by atomic mass is 79.9. The van der Waals surface area contributed by atoms with Gasteiger partial charge in [-0.3, -0.25) is 4.79 Å². The van der Waals surface area contributed by atoms with E-state index in [2.05, 4.69) is 32.3 Å². The molecule has 140 valence electrons. The molecule has 3 aromatic rings. The van der Waals surface area contributed by atoms with Crippen LogP contribution in [0.4, 0.5) is 0 Å². The molecule has 7 heteroatoms. The van der Waals surface area contributed by atoms with E-state index >= 15 is 0 Å². The highest BCUT2D eigenvalue weighted by Crippen LogP contribution is 2.28. The summed E-state index contributed by atoms with van der Waals surface area (Å²) in [7, 11) is 0. The molecule has 0 aliphatic rings. The normalized spacial score (nSPS) is 11.6. The van der Waals surface area contributed by atoms with Crippen molar-refractivity contribution in [3.05, 3.63) is 87.0 Å². The third-order valence-electron chi connectivity index (χ3n) is 4.11. The molecular weight excluding hydrogens is 436 g/mol. The number of carbonyl (C=O) groups excluding carboxylic acids is 1. The number of hydrogen-bond donors (Lipinski definition) is 0. The largest absolute Gasteiger partial charge is 0.294 e. The van der Waals surface area contributed by atoms with E-state index in [4.69, 9.17) is 0 Å². The second-order valence-electron chi connectivity index (χ2n) is 6.01. The Morgan fingerprint density at radius 2 is 1.89 bits per heavy atom. The average molecular weight is 453 g/mol. The third-order valence-corrected chi connectivity index (χ3v) is 5.48. The highest BCUT2D eigenvalue weighted by Gasteiger charge is 2.17. The first-order valence-electron chi connectivity index (χ1n) is 8.51. The summed E-state index contributed by atoms with van der Waals surface area (Å²) in [5.74, 6) is -0.0405. The predicted molar refractivity (Wildman–Crippen MR) is 115 cm³/mol. The number of carbonyl (C=O) groups is 1. The van der Waals surface area contributed by atoms with Crippen LogP contribution in [-0.4, -0.2) is 27.0 Å². The first-order valence-corrected chi connectivity index (χ1v) is 10.5. The number of benzene rings is 2. The molecule has 5 nitrogen and oxygen atoms in total. The number of ketones is 1. The van der Waals surface area contributed by atoms with Crippen molar-refractivity contribution in [2.24, 2.45) is 0 Å². The van der Waals surface area contributed by atoms with Gasteiger partial charge in [-0.25, -0.2) is 4.68 Å². The SMILES string of the molecule is CS/C(CC(=O)c1ccc(Br)cc1)=C(/C#N)c1cn(Cc2ccccc2)nn1. The van der Waals surface area contributed by atoms with Gasteiger partial charge in [0.25, 0.3) is 0 Å². The summed E-state index contributed by atoms with van der Waals surface area (Å²) < 4.78 is 2.61. The maximum atomic E-state index is 12.6. The zero-order valence-corrected chi connectivity index (χ0v) is 17.6. The van der Waals surface area contributed by atoms with Crippen molar-refractivity contribution in [3.8, 4) is 6.07 Å². The molecule has 0 aliphatic heterocycles. The number of nitriles is 1. The summed E-state index contributed by atoms with van der Waals surface area (Å²) in [6.07, 6.45) is 3.75. The molecule has 28 heavy (non-hydrogen) atoms. The summed E-state index contributed by atoms with van der Waals surface area (Å²) in [4.78, 5) is 13.3. The van der Waals surface area contributed by atoms with Crippen molar-refractivity contribution in [1.29, 1.82) is 5.26 Å². The molecule has 0 amide bonds. The fourth-order valence-corrected chi connectivity index (χ4v) is 3.56. The van der Waals surface area contributed by atoms with Crippen molar-refractivity contribution >= 4 is 39.0 Å². The quantitative estimate of drug-likeness (QED) is 0.374. The Balaban J connectivity index is 1.83. The van der Waals surface area contributed by atoms with Gasteiger partial charge in [0.15, 0.2) is 5.78 Å². The molecule has 0 fully saturated rings. The van der Waals surface area contributed by atoms with Crippen LogP contribution in [-0.2, 0) is 6.54 Å². The lowest BCUT2D eigenvalue weighted by molar-refractivity contribution is 0.0995. The molecule has 0 N–H and O–H groups in total. The standard InChI is InChI=1S/C21H17BrN4OS/c1-28-21(11-20(27)16-7-9-17(22)10-8-16)18(12-23)19-14-26(25-24-19)13-15-5-3-2-4-6-15/h2-10,14H,11,13H2,1H3/b21-18-. The van der Waals surface area contributed by atoms with E-state index in [-0.39, 0.29) is 12.2 Å². The third kappa shape index (κ3) is 4.97. The molecule has 0 saturated heterocycles. The number of hydrogen-bond acceptors (Lipinski definition) is 5. The molecule has 0 spiro atoms. The monoisotopic (exact) mass is 452 g/mol. The van der Waals surface area contributed by atoms with E-state index in [0.29, 0.717) is 28.3 Å². The van der Waals surface area contributed by atoms with Gasteiger partial charge in [0.2, 0.25) is 0 Å². The molecule has 0 atom stereocenters. The van der Waals surface area contributed by atoms with E-state index < -0.39 is 0 Å². The van der Waals surface area contributed by atoms with Crippen LogP contribution in [0, 0.1) is 11.3 Å². The lowest BCUT2D eigenvalue weighted by atomic mass is 10.1. The number of aromatic nitrogens is 3. The van der Waals surface area contributed by atoms with Crippen molar-refractivity contribution in [2.75, 3.05) is 6.26 Å². The Labute approximate surface area is 176 Å². The Bertz CT molecular complexity index is 1040. The van der Waals surface area contributed by atoms with Crippen LogP contribution >= 0.6 is 27.7 Å². The minimum Gasteiger partial charge on any atom is -0.294 e. The van der Waals surface area contributed by atoms with Crippen LogP contribution in [0.5, 0.6) is 0 Å². The zero-order valence-electron chi connectivity index (χ0n) is 15.2. The molecule has 1 heterocycles. The molecule has 0 saturated carbocycles. The van der Waals surface area contributed by atoms with E-state index in [9.17, 15) is 10.1 Å². The minimum atomic E-state index is -0.0405. The van der Waals surface area contributed by atoms with Crippen LogP contribution in [0.1, 0.15) is 28.0 Å². The summed E-state index contributed by atoms with van der Waals surface area (Å²) >= 11 is 4.75. The number of rotatable bonds is 7. The van der Waals surface area contributed by atoms with Gasteiger partial charge in [0.1, 0.15) is 11.8 Å². The van der Waals surface area contributed by atoms with Crippen molar-refractivity contribution in [1.82, 2.24) is 15.0 Å². The highest BCUT2D eigenvalue weighted by molar-refractivity contribution is 9.10. The Morgan fingerprint density at radius 3 is 2.54 bits per heavy atom. The maximum Gasteiger partial charge on any atom is 0.167 e. The molecule has 0 radical (unpaired) electrons. The van der Waals surface area contributed by atoms with Gasteiger partial charge in [0, 0.05) is 21.4 Å². The lowest BCUT2D eigenvalue weighted by Crippen LogP contribution is -2.01. The number of nitrogens with zero attached hydrogens (tertiary/aromatic N) is 4. The van der Waals surface area contributed by atoms with E-state index in [1.54, 1.807) is 23.0 Å². The second-order valence-corrected chi connectivity index (χ2v) is 7.82. The number of allylic oxidation sites excluding steroid dienone is 2. The van der Waals surface area contributed by atoms with Crippen molar-refractivity contribution < 1.29 is 4.79 Å². The molecule has 2 aromatic carbocycles. The Kier molecular flexibility index (Phi) is 6.80. The van der Waals surface area contributed by atoms with Crippen LogP contribution in [0.25, 0.3) is 5.57 Å². The Hall–Kier alpha value is -2.69. The summed E-state index contributed by atoms with van der Waals surface area (Å²) in [6, 6.07) is 19.3. The second kappa shape index (κ2) is 9.49. The number of halogens is 1. The fraction of sp³-hybridized carbons (Fsp3) is 0.143. The molecule has 0 unspecified atom stereocenters. The van der Waals surface area contributed by atoms with Crippen LogP contribution in [0.15, 0.2) is 70.2 Å². The fourth-order valence-electron chi connectivity index (χ4n) is 2.67. The topological polar surface area (TPSA) is 71.6 Å². The van der Waals surface area contributed by atoms with Crippen LogP contribution < -0.4 is 0 Å². The molecular formula is C21H17BrN4OS. The first-order chi connectivity index (χ1) is 13.6. The maximum absolute atomic E-state index is 12.6. The smallest absolute Gasteiger partial charge is 0.167 e. The van der Waals surface area contributed by atoms with Gasteiger partial charge >= 0.3 is 0 Å². The zero-order chi connectivity index (χ0) is 19.9. The Morgan fingerprint density at radius 1 is 1.18 bits per heavy atom. The summed E-state index contributed by atoms with van der Waals surface area (Å²) in [5.41, 5.74) is 2.57. The van der Waals surface area contributed by atoms with Gasteiger partial charge < -0.3 is 0 Å². The predicted octanol–water partition coefficient (Wildman–Crippen LogP) is 4.96. The van der Waals surface area contributed by atoms with E-state index in [1.165, 1.54) is 11.8 Å². The molecule has 0 bridgehead atoms. The van der Waals surface area contributed by atoms with Gasteiger partial charge in [-0.05, 0) is 24.0 Å². The van der Waals surface area contributed by atoms with Crippen molar-refractivity contribution in [2.45, 2.75) is 13.0 Å². The van der Waals surface area contributed by atoms with Gasteiger partial charge in [-0.2, -0.15) is 5.26 Å². The average Bonchev–Trinajstić information content (AvgIpc) is 3.17. The molecule has 3 rings (SSSR count). The first kappa shape index (κ1) is 20.1. The van der Waals surface area contributed by atoms with E-state index in [1.807, 2.05) is 48.7 Å². The summed E-state index contributed by atoms with van der Waals surface area (Å²) in [6.45, 7) is 0.568. The molecule has 0 aliphatic carbocycles. The number of thioether (sulfide) groups is 1. The van der Waals surface area contributed by atoms with Crippen LogP contribution in [0.3, 0.4) is 0 Å². The van der Waals surface area contributed by atoms with Crippen LogP contribution in [0.2, 0.25) is 0 Å².